The maximum atomic E-state index is 6.17. The van der Waals surface area contributed by atoms with Crippen molar-refractivity contribution < 1.29 is 0 Å². The van der Waals surface area contributed by atoms with Crippen molar-refractivity contribution in [2.24, 2.45) is 0 Å². The number of rotatable bonds is 4. The maximum Gasteiger partial charge on any atom is 0.0637 e. The van der Waals surface area contributed by atoms with E-state index in [1.807, 2.05) is 12.1 Å². The minimum atomic E-state index is 0.731. The van der Waals surface area contributed by atoms with Gasteiger partial charge in [-0.25, -0.2) is 0 Å². The molecular formula is C15H23ClN2. The van der Waals surface area contributed by atoms with Crippen molar-refractivity contribution in [3.63, 3.8) is 0 Å². The van der Waals surface area contributed by atoms with Gasteiger partial charge in [-0.05, 0) is 57.5 Å². The lowest BCUT2D eigenvalue weighted by molar-refractivity contribution is 0.179. The molecule has 0 radical (unpaired) electrons. The molecule has 1 fully saturated rings. The number of benzene rings is 1. The molecule has 1 heterocycles. The highest BCUT2D eigenvalue weighted by Gasteiger charge is 2.18. The Morgan fingerprint density at radius 3 is 3.00 bits per heavy atom. The Labute approximate surface area is 115 Å². The molecule has 0 amide bonds. The van der Waals surface area contributed by atoms with E-state index in [-0.39, 0.29) is 0 Å². The molecule has 1 aliphatic heterocycles. The van der Waals surface area contributed by atoms with Gasteiger partial charge >= 0.3 is 0 Å². The summed E-state index contributed by atoms with van der Waals surface area (Å²) in [5, 5.41) is 4.28. The van der Waals surface area contributed by atoms with Crippen LogP contribution in [0.5, 0.6) is 0 Å². The molecule has 0 bridgehead atoms. The van der Waals surface area contributed by atoms with Gasteiger partial charge in [-0.3, -0.25) is 0 Å². The molecule has 1 aromatic rings. The number of aryl methyl sites for hydroxylation is 1. The summed E-state index contributed by atoms with van der Waals surface area (Å²) in [4.78, 5) is 2.49. The van der Waals surface area contributed by atoms with Crippen molar-refractivity contribution >= 4 is 17.3 Å². The van der Waals surface area contributed by atoms with E-state index < -0.39 is 0 Å². The minimum Gasteiger partial charge on any atom is -0.384 e. The second-order valence-corrected chi connectivity index (χ2v) is 5.74. The van der Waals surface area contributed by atoms with Gasteiger partial charge in [0.2, 0.25) is 0 Å². The van der Waals surface area contributed by atoms with E-state index in [2.05, 4.69) is 30.3 Å². The van der Waals surface area contributed by atoms with Crippen LogP contribution in [0.3, 0.4) is 0 Å². The molecule has 1 aromatic carbocycles. The molecule has 1 N–H and O–H groups in total. The van der Waals surface area contributed by atoms with Crippen molar-refractivity contribution in [2.45, 2.75) is 38.6 Å². The zero-order valence-electron chi connectivity index (χ0n) is 11.4. The van der Waals surface area contributed by atoms with Gasteiger partial charge in [-0.2, -0.15) is 0 Å². The van der Waals surface area contributed by atoms with Crippen LogP contribution < -0.4 is 5.32 Å². The average molecular weight is 267 g/mol. The second-order valence-electron chi connectivity index (χ2n) is 5.33. The summed E-state index contributed by atoms with van der Waals surface area (Å²) >= 11 is 6.17. The SMILES string of the molecule is Cc1ccc(Cl)c(NCCC2CCCCN2C)c1. The van der Waals surface area contributed by atoms with Crippen LogP contribution in [0.2, 0.25) is 5.02 Å². The lowest BCUT2D eigenvalue weighted by Gasteiger charge is -2.32. The molecule has 3 heteroatoms. The summed E-state index contributed by atoms with van der Waals surface area (Å²) in [6.45, 7) is 4.34. The molecule has 1 unspecified atom stereocenters. The van der Waals surface area contributed by atoms with Gasteiger partial charge in [0.1, 0.15) is 0 Å². The Bertz CT molecular complexity index is 392. The highest BCUT2D eigenvalue weighted by atomic mass is 35.5. The molecule has 1 aliphatic rings. The zero-order valence-corrected chi connectivity index (χ0v) is 12.1. The van der Waals surface area contributed by atoms with E-state index in [0.29, 0.717) is 0 Å². The first-order valence-corrected chi connectivity index (χ1v) is 7.25. The normalized spacial score (nSPS) is 20.9. The van der Waals surface area contributed by atoms with E-state index in [1.54, 1.807) is 0 Å². The van der Waals surface area contributed by atoms with Crippen molar-refractivity contribution in [2.75, 3.05) is 25.5 Å². The van der Waals surface area contributed by atoms with Crippen LogP contribution in [0.15, 0.2) is 18.2 Å². The standard InChI is InChI=1S/C15H23ClN2/c1-12-6-7-14(16)15(11-12)17-9-8-13-5-3-4-10-18(13)2/h6-7,11,13,17H,3-5,8-10H2,1-2H3. The summed E-state index contributed by atoms with van der Waals surface area (Å²) < 4.78 is 0. The molecule has 0 aliphatic carbocycles. The van der Waals surface area contributed by atoms with Crippen LogP contribution >= 0.6 is 11.6 Å². The number of halogens is 1. The van der Waals surface area contributed by atoms with E-state index in [1.165, 1.54) is 37.8 Å². The van der Waals surface area contributed by atoms with Crippen molar-refractivity contribution in [3.8, 4) is 0 Å². The smallest absolute Gasteiger partial charge is 0.0637 e. The van der Waals surface area contributed by atoms with Gasteiger partial charge in [-0.15, -0.1) is 0 Å². The van der Waals surface area contributed by atoms with Crippen LogP contribution in [0.1, 0.15) is 31.2 Å². The topological polar surface area (TPSA) is 15.3 Å². The highest BCUT2D eigenvalue weighted by molar-refractivity contribution is 6.33. The predicted molar refractivity (Wildman–Crippen MR) is 79.6 cm³/mol. The quantitative estimate of drug-likeness (QED) is 0.888. The van der Waals surface area contributed by atoms with Crippen LogP contribution in [0.4, 0.5) is 5.69 Å². The van der Waals surface area contributed by atoms with Crippen LogP contribution in [0, 0.1) is 6.92 Å². The molecule has 2 nitrogen and oxygen atoms in total. The molecule has 1 atom stereocenters. The van der Waals surface area contributed by atoms with Crippen molar-refractivity contribution in [1.29, 1.82) is 0 Å². The van der Waals surface area contributed by atoms with E-state index in [0.717, 1.165) is 23.3 Å². The lowest BCUT2D eigenvalue weighted by Crippen LogP contribution is -2.37. The van der Waals surface area contributed by atoms with Gasteiger partial charge in [0.05, 0.1) is 10.7 Å². The predicted octanol–water partition coefficient (Wildman–Crippen LogP) is 3.93. The number of nitrogens with one attached hydrogen (secondary N) is 1. The molecule has 1 saturated heterocycles. The molecule has 0 saturated carbocycles. The summed E-state index contributed by atoms with van der Waals surface area (Å²) in [6.07, 6.45) is 5.25. The van der Waals surface area contributed by atoms with E-state index in [4.69, 9.17) is 11.6 Å². The van der Waals surface area contributed by atoms with E-state index >= 15 is 0 Å². The number of nitrogens with zero attached hydrogens (tertiary/aromatic N) is 1. The fraction of sp³-hybridized carbons (Fsp3) is 0.600. The number of piperidine rings is 1. The van der Waals surface area contributed by atoms with Crippen LogP contribution in [-0.2, 0) is 0 Å². The van der Waals surface area contributed by atoms with Gasteiger partial charge < -0.3 is 10.2 Å². The largest absolute Gasteiger partial charge is 0.384 e. The van der Waals surface area contributed by atoms with E-state index in [9.17, 15) is 0 Å². The second kappa shape index (κ2) is 6.44. The van der Waals surface area contributed by atoms with Crippen molar-refractivity contribution in [1.82, 2.24) is 4.90 Å². The van der Waals surface area contributed by atoms with Crippen LogP contribution in [-0.4, -0.2) is 31.1 Å². The fourth-order valence-corrected chi connectivity index (χ4v) is 2.84. The molecule has 2 rings (SSSR count). The Balaban J connectivity index is 1.82. The molecule has 0 spiro atoms. The maximum absolute atomic E-state index is 6.17. The fourth-order valence-electron chi connectivity index (χ4n) is 2.66. The van der Waals surface area contributed by atoms with Gasteiger partial charge in [0, 0.05) is 12.6 Å². The highest BCUT2D eigenvalue weighted by Crippen LogP contribution is 2.23. The number of hydrogen-bond donors (Lipinski definition) is 1. The summed E-state index contributed by atoms with van der Waals surface area (Å²) in [5.41, 5.74) is 2.31. The first-order chi connectivity index (χ1) is 8.66. The Morgan fingerprint density at radius 2 is 2.22 bits per heavy atom. The molecule has 100 valence electrons. The van der Waals surface area contributed by atoms with Crippen LogP contribution in [0.25, 0.3) is 0 Å². The molecule has 0 aromatic heterocycles. The van der Waals surface area contributed by atoms with Gasteiger partial charge in [0.25, 0.3) is 0 Å². The number of likely N-dealkylation sites (tertiary alicyclic amines) is 1. The minimum absolute atomic E-state index is 0.731. The van der Waals surface area contributed by atoms with Gasteiger partial charge in [0.15, 0.2) is 0 Å². The first-order valence-electron chi connectivity index (χ1n) is 6.87. The summed E-state index contributed by atoms with van der Waals surface area (Å²) in [5.74, 6) is 0. The third-order valence-corrected chi connectivity index (χ3v) is 4.17. The molecular weight excluding hydrogens is 244 g/mol. The average Bonchev–Trinajstić information content (AvgIpc) is 2.36. The third kappa shape index (κ3) is 3.63. The Morgan fingerprint density at radius 1 is 1.39 bits per heavy atom. The lowest BCUT2D eigenvalue weighted by atomic mass is 10.0. The van der Waals surface area contributed by atoms with Crippen molar-refractivity contribution in [3.05, 3.63) is 28.8 Å². The monoisotopic (exact) mass is 266 g/mol. The zero-order chi connectivity index (χ0) is 13.0. The number of hydrogen-bond acceptors (Lipinski definition) is 2. The first kappa shape index (κ1) is 13.7. The molecule has 18 heavy (non-hydrogen) atoms. The third-order valence-electron chi connectivity index (χ3n) is 3.84. The Hall–Kier alpha value is -0.730. The van der Waals surface area contributed by atoms with Gasteiger partial charge in [-0.1, -0.05) is 24.1 Å². The summed E-state index contributed by atoms with van der Waals surface area (Å²) in [6, 6.07) is 6.86. The Kier molecular flexibility index (Phi) is 4.90. The summed E-state index contributed by atoms with van der Waals surface area (Å²) in [7, 11) is 2.24. The number of anilines is 1.